The number of rotatable bonds is 7. The second-order valence-corrected chi connectivity index (χ2v) is 9.39. The molecular formula is C22H28N3NaO4S. The number of pyridine rings is 1. The molecule has 1 aromatic carbocycles. The van der Waals surface area contributed by atoms with Crippen LogP contribution in [0.25, 0.3) is 11.0 Å². The van der Waals surface area contributed by atoms with Crippen LogP contribution >= 0.6 is 0 Å². The molecule has 0 bridgehead atoms. The van der Waals surface area contributed by atoms with Crippen molar-refractivity contribution in [1.82, 2.24) is 15.0 Å². The van der Waals surface area contributed by atoms with E-state index in [1.807, 2.05) is 52.0 Å². The van der Waals surface area contributed by atoms with E-state index in [0.29, 0.717) is 18.4 Å². The average Bonchev–Trinajstić information content (AvgIpc) is 3.27. The van der Waals surface area contributed by atoms with E-state index in [0.717, 1.165) is 40.0 Å². The number of aryl methyl sites for hydroxylation is 1. The second-order valence-electron chi connectivity index (χ2n) is 8.02. The summed E-state index contributed by atoms with van der Waals surface area (Å²) in [5.74, 6) is 0.495. The molecule has 31 heavy (non-hydrogen) atoms. The van der Waals surface area contributed by atoms with Gasteiger partial charge in [-0.15, -0.1) is 0 Å². The van der Waals surface area contributed by atoms with Gasteiger partial charge in [0.05, 0.1) is 36.0 Å². The topological polar surface area (TPSA) is 92.3 Å². The molecule has 0 radical (unpaired) electrons. The summed E-state index contributed by atoms with van der Waals surface area (Å²) in [6.45, 7) is 8.87. The van der Waals surface area contributed by atoms with Crippen LogP contribution in [0.3, 0.4) is 0 Å². The van der Waals surface area contributed by atoms with Gasteiger partial charge >= 0.3 is 34.7 Å². The number of benzene rings is 1. The average molecular weight is 454 g/mol. The van der Waals surface area contributed by atoms with Crippen LogP contribution in [0.5, 0.6) is 5.75 Å². The molecule has 1 N–H and O–H groups in total. The first-order valence-corrected chi connectivity index (χ1v) is 11.4. The van der Waals surface area contributed by atoms with Gasteiger partial charge in [0, 0.05) is 29.4 Å². The Labute approximate surface area is 207 Å². The fourth-order valence-corrected chi connectivity index (χ4v) is 4.56. The van der Waals surface area contributed by atoms with Crippen LogP contribution in [-0.4, -0.2) is 74.2 Å². The second kappa shape index (κ2) is 10.2. The summed E-state index contributed by atoms with van der Waals surface area (Å²) in [7, 11) is 0. The van der Waals surface area contributed by atoms with Gasteiger partial charge in [0.25, 0.3) is 0 Å². The number of hydrogen-bond acceptors (Lipinski definition) is 6. The number of hydrogen-bond donors (Lipinski definition) is 1. The van der Waals surface area contributed by atoms with Gasteiger partial charge < -0.3 is 18.8 Å². The first-order chi connectivity index (χ1) is 14.3. The van der Waals surface area contributed by atoms with Crippen LogP contribution in [-0.2, 0) is 26.4 Å². The van der Waals surface area contributed by atoms with Crippen LogP contribution in [0.4, 0.5) is 0 Å². The number of aromatic nitrogens is 3. The molecule has 1 saturated heterocycles. The third kappa shape index (κ3) is 6.01. The predicted molar refractivity (Wildman–Crippen MR) is 122 cm³/mol. The number of aromatic amines is 1. The van der Waals surface area contributed by atoms with E-state index in [1.54, 1.807) is 6.20 Å². The zero-order valence-electron chi connectivity index (χ0n) is 17.7. The van der Waals surface area contributed by atoms with E-state index in [2.05, 4.69) is 15.0 Å². The summed E-state index contributed by atoms with van der Waals surface area (Å²) in [6, 6.07) is 7.77. The summed E-state index contributed by atoms with van der Waals surface area (Å²) in [5, 5.41) is 0.462. The molecule has 162 valence electrons. The van der Waals surface area contributed by atoms with Crippen molar-refractivity contribution in [3.63, 3.8) is 0 Å². The van der Waals surface area contributed by atoms with Crippen molar-refractivity contribution in [3.8, 4) is 5.75 Å². The van der Waals surface area contributed by atoms with Crippen LogP contribution in [0.2, 0.25) is 0 Å². The van der Waals surface area contributed by atoms with Crippen molar-refractivity contribution in [2.75, 3.05) is 13.2 Å². The van der Waals surface area contributed by atoms with Crippen molar-refractivity contribution in [3.05, 3.63) is 47.3 Å². The van der Waals surface area contributed by atoms with Crippen LogP contribution in [0, 0.1) is 13.8 Å². The molecule has 9 heteroatoms. The number of imidazole rings is 1. The quantitative estimate of drug-likeness (QED) is 0.436. The van der Waals surface area contributed by atoms with Gasteiger partial charge in [-0.05, 0) is 51.5 Å². The van der Waals surface area contributed by atoms with E-state index >= 15 is 0 Å². The third-order valence-corrected chi connectivity index (χ3v) is 6.28. The molecule has 1 aliphatic heterocycles. The van der Waals surface area contributed by atoms with Gasteiger partial charge in [0.1, 0.15) is 5.75 Å². The Kier molecular flexibility index (Phi) is 8.07. The number of fused-ring (bicyclic) bond motifs is 1. The molecule has 0 aliphatic carbocycles. The van der Waals surface area contributed by atoms with Gasteiger partial charge in [-0.2, -0.15) is 4.98 Å². The molecule has 0 amide bonds. The Morgan fingerprint density at radius 1 is 1.29 bits per heavy atom. The van der Waals surface area contributed by atoms with Gasteiger partial charge in [-0.3, -0.25) is 9.97 Å². The SMILES string of the molecule is Cc1ccc2[nH]c([S+]([O-])Cc3nccc(OCCC4COC(C)(C)O4)c3C)nc2c1.[NaH]. The van der Waals surface area contributed by atoms with Gasteiger partial charge in [-0.1, -0.05) is 6.07 Å². The maximum absolute atomic E-state index is 12.9. The summed E-state index contributed by atoms with van der Waals surface area (Å²) >= 11 is -1.33. The van der Waals surface area contributed by atoms with E-state index < -0.39 is 17.0 Å². The first-order valence-electron chi connectivity index (χ1n) is 10.0. The number of H-pyrrole nitrogens is 1. The first kappa shape index (κ1) is 24.5. The van der Waals surface area contributed by atoms with Crippen molar-refractivity contribution >= 4 is 51.8 Å². The summed E-state index contributed by atoms with van der Waals surface area (Å²) in [6.07, 6.45) is 2.46. The molecule has 0 saturated carbocycles. The zero-order valence-corrected chi connectivity index (χ0v) is 18.5. The van der Waals surface area contributed by atoms with E-state index in [1.165, 1.54) is 0 Å². The Morgan fingerprint density at radius 2 is 2.10 bits per heavy atom. The van der Waals surface area contributed by atoms with Gasteiger partial charge in [0.2, 0.25) is 0 Å². The van der Waals surface area contributed by atoms with Gasteiger partial charge in [-0.25, -0.2) is 0 Å². The Morgan fingerprint density at radius 3 is 2.84 bits per heavy atom. The normalized spacial score (nSPS) is 18.7. The molecule has 2 unspecified atom stereocenters. The fourth-order valence-electron chi connectivity index (χ4n) is 3.46. The molecule has 1 fully saturated rings. The Hall–Kier alpha value is -1.13. The summed E-state index contributed by atoms with van der Waals surface area (Å²) in [4.78, 5) is 12.1. The van der Waals surface area contributed by atoms with E-state index in [-0.39, 0.29) is 41.4 Å². The van der Waals surface area contributed by atoms with Crippen molar-refractivity contribution in [2.45, 2.75) is 56.9 Å². The Balaban J connectivity index is 0.00000272. The minimum absolute atomic E-state index is 0. The number of nitrogens with one attached hydrogen (secondary N) is 1. The molecule has 3 aromatic rings. The molecule has 2 atom stereocenters. The standard InChI is InChI=1S/C22H27N3O4S.Na.H/c1-14-5-6-17-18(11-14)25-21(24-17)30(26)13-19-15(2)20(7-9-23-19)27-10-8-16-12-28-22(3,4)29-16;;/h5-7,9,11,16H,8,10,12-13H2,1-4H3,(H,24,25);;. The molecule has 7 nitrogen and oxygen atoms in total. The minimum atomic E-state index is -1.33. The molecular weight excluding hydrogens is 425 g/mol. The molecule has 2 aromatic heterocycles. The monoisotopic (exact) mass is 453 g/mol. The fraction of sp³-hybridized carbons (Fsp3) is 0.455. The molecule has 0 spiro atoms. The van der Waals surface area contributed by atoms with Crippen LogP contribution in [0.15, 0.2) is 35.6 Å². The van der Waals surface area contributed by atoms with Gasteiger partial charge in [0.15, 0.2) is 11.5 Å². The van der Waals surface area contributed by atoms with E-state index in [9.17, 15) is 4.55 Å². The predicted octanol–water partition coefficient (Wildman–Crippen LogP) is 3.15. The van der Waals surface area contributed by atoms with Crippen molar-refractivity contribution in [1.29, 1.82) is 0 Å². The molecule has 1 aliphatic rings. The number of ether oxygens (including phenoxy) is 3. The van der Waals surface area contributed by atoms with Crippen LogP contribution in [0.1, 0.15) is 37.1 Å². The van der Waals surface area contributed by atoms with E-state index in [4.69, 9.17) is 14.2 Å². The zero-order chi connectivity index (χ0) is 21.3. The Bertz CT molecular complexity index is 1040. The van der Waals surface area contributed by atoms with Crippen molar-refractivity contribution < 1.29 is 18.8 Å². The summed E-state index contributed by atoms with van der Waals surface area (Å²) < 4.78 is 30.2. The molecule has 4 rings (SSSR count). The summed E-state index contributed by atoms with van der Waals surface area (Å²) in [5.41, 5.74) is 4.45. The molecule has 3 heterocycles. The van der Waals surface area contributed by atoms with Crippen molar-refractivity contribution in [2.24, 2.45) is 0 Å². The third-order valence-electron chi connectivity index (χ3n) is 5.12. The van der Waals surface area contributed by atoms with Crippen LogP contribution < -0.4 is 4.74 Å². The number of nitrogens with zero attached hydrogens (tertiary/aromatic N) is 2. The maximum atomic E-state index is 12.9.